The normalized spacial score (nSPS) is 16.8. The highest BCUT2D eigenvalue weighted by molar-refractivity contribution is 5.77. The largest absolute Gasteiger partial charge is 0.465 e. The molecular formula is C23H44O2. The minimum atomic E-state index is -0.134. The fourth-order valence-electron chi connectivity index (χ4n) is 4.25. The standard InChI is InChI=1S/C23H44O2/c1-3-5-7-9-11-13-15-18-23(20-17-21-25-22(23)24)19-16-14-12-10-8-6-4-2/h3-21H2,1-2H3. The van der Waals surface area contributed by atoms with Gasteiger partial charge in [-0.2, -0.15) is 0 Å². The van der Waals surface area contributed by atoms with Crippen LogP contribution < -0.4 is 0 Å². The van der Waals surface area contributed by atoms with Crippen LogP contribution in [0.2, 0.25) is 0 Å². The molecule has 0 saturated carbocycles. The van der Waals surface area contributed by atoms with Crippen molar-refractivity contribution in [1.29, 1.82) is 0 Å². The van der Waals surface area contributed by atoms with E-state index in [1.165, 1.54) is 89.9 Å². The average molecular weight is 353 g/mol. The van der Waals surface area contributed by atoms with Crippen LogP contribution in [-0.2, 0) is 9.53 Å². The Labute approximate surface area is 157 Å². The summed E-state index contributed by atoms with van der Waals surface area (Å²) in [6.07, 6.45) is 22.8. The summed E-state index contributed by atoms with van der Waals surface area (Å²) in [4.78, 5) is 12.5. The third-order valence-corrected chi connectivity index (χ3v) is 5.98. The molecule has 1 rings (SSSR count). The SMILES string of the molecule is CCCCCCCCCC1(CCCCCCCCC)CCCOC1=O. The first-order valence-corrected chi connectivity index (χ1v) is 11.4. The molecule has 1 aliphatic rings. The molecule has 0 aliphatic carbocycles. The summed E-state index contributed by atoms with van der Waals surface area (Å²) in [6.45, 7) is 5.18. The molecule has 1 heterocycles. The number of esters is 1. The predicted octanol–water partition coefficient (Wildman–Crippen LogP) is 7.59. The fraction of sp³-hybridized carbons (Fsp3) is 0.957. The summed E-state index contributed by atoms with van der Waals surface area (Å²) in [5.41, 5.74) is -0.134. The van der Waals surface area contributed by atoms with E-state index in [4.69, 9.17) is 4.74 Å². The van der Waals surface area contributed by atoms with Gasteiger partial charge < -0.3 is 4.74 Å². The van der Waals surface area contributed by atoms with Crippen molar-refractivity contribution in [2.75, 3.05) is 6.61 Å². The van der Waals surface area contributed by atoms with Gasteiger partial charge in [-0.1, -0.05) is 104 Å². The monoisotopic (exact) mass is 352 g/mol. The zero-order chi connectivity index (χ0) is 18.2. The topological polar surface area (TPSA) is 26.3 Å². The van der Waals surface area contributed by atoms with Gasteiger partial charge in [-0.3, -0.25) is 4.79 Å². The second kappa shape index (κ2) is 14.6. The third-order valence-electron chi connectivity index (χ3n) is 5.98. The van der Waals surface area contributed by atoms with Crippen molar-refractivity contribution in [2.45, 2.75) is 129 Å². The Morgan fingerprint density at radius 2 is 1.16 bits per heavy atom. The highest BCUT2D eigenvalue weighted by atomic mass is 16.5. The minimum absolute atomic E-state index is 0.121. The number of cyclic esters (lactones) is 1. The Balaban J connectivity index is 2.25. The molecule has 0 radical (unpaired) electrons. The van der Waals surface area contributed by atoms with Crippen molar-refractivity contribution in [3.63, 3.8) is 0 Å². The Hall–Kier alpha value is -0.530. The molecule has 0 aromatic rings. The Bertz CT molecular complexity index is 306. The van der Waals surface area contributed by atoms with Crippen LogP contribution >= 0.6 is 0 Å². The number of unbranched alkanes of at least 4 members (excludes halogenated alkanes) is 12. The van der Waals surface area contributed by atoms with E-state index in [-0.39, 0.29) is 11.4 Å². The zero-order valence-electron chi connectivity index (χ0n) is 17.3. The highest BCUT2D eigenvalue weighted by Gasteiger charge is 2.40. The molecule has 148 valence electrons. The van der Waals surface area contributed by atoms with Gasteiger partial charge >= 0.3 is 5.97 Å². The van der Waals surface area contributed by atoms with Crippen LogP contribution in [0.15, 0.2) is 0 Å². The van der Waals surface area contributed by atoms with Crippen LogP contribution in [0.5, 0.6) is 0 Å². The molecule has 0 aromatic carbocycles. The zero-order valence-corrected chi connectivity index (χ0v) is 17.3. The molecule has 0 amide bonds. The summed E-state index contributed by atoms with van der Waals surface area (Å²) >= 11 is 0. The molecular weight excluding hydrogens is 308 g/mol. The number of carbonyl (C=O) groups excluding carboxylic acids is 1. The highest BCUT2D eigenvalue weighted by Crippen LogP contribution is 2.40. The van der Waals surface area contributed by atoms with Crippen molar-refractivity contribution in [3.8, 4) is 0 Å². The molecule has 1 fully saturated rings. The molecule has 0 atom stereocenters. The number of ether oxygens (including phenoxy) is 1. The summed E-state index contributed by atoms with van der Waals surface area (Å²) < 4.78 is 5.48. The first-order valence-electron chi connectivity index (χ1n) is 11.4. The second-order valence-corrected chi connectivity index (χ2v) is 8.26. The molecule has 2 nitrogen and oxygen atoms in total. The minimum Gasteiger partial charge on any atom is -0.465 e. The van der Waals surface area contributed by atoms with Crippen molar-refractivity contribution in [3.05, 3.63) is 0 Å². The van der Waals surface area contributed by atoms with Crippen LogP contribution in [0.25, 0.3) is 0 Å². The van der Waals surface area contributed by atoms with Gasteiger partial charge in [0.2, 0.25) is 0 Å². The molecule has 0 aromatic heterocycles. The lowest BCUT2D eigenvalue weighted by Gasteiger charge is -2.35. The smallest absolute Gasteiger partial charge is 0.312 e. The summed E-state index contributed by atoms with van der Waals surface area (Å²) in [5.74, 6) is 0.121. The van der Waals surface area contributed by atoms with Crippen molar-refractivity contribution in [2.24, 2.45) is 5.41 Å². The lowest BCUT2D eigenvalue weighted by molar-refractivity contribution is -0.163. The van der Waals surface area contributed by atoms with Crippen LogP contribution in [0.4, 0.5) is 0 Å². The van der Waals surface area contributed by atoms with E-state index < -0.39 is 0 Å². The van der Waals surface area contributed by atoms with E-state index in [1.807, 2.05) is 0 Å². The maximum atomic E-state index is 12.5. The molecule has 25 heavy (non-hydrogen) atoms. The van der Waals surface area contributed by atoms with Gasteiger partial charge in [0.1, 0.15) is 0 Å². The van der Waals surface area contributed by atoms with E-state index in [0.29, 0.717) is 6.61 Å². The van der Waals surface area contributed by atoms with E-state index in [1.54, 1.807) is 0 Å². The van der Waals surface area contributed by atoms with Crippen LogP contribution in [0.3, 0.4) is 0 Å². The van der Waals surface area contributed by atoms with Gasteiger partial charge in [-0.15, -0.1) is 0 Å². The van der Waals surface area contributed by atoms with E-state index >= 15 is 0 Å². The van der Waals surface area contributed by atoms with E-state index in [9.17, 15) is 4.79 Å². The summed E-state index contributed by atoms with van der Waals surface area (Å²) in [6, 6.07) is 0. The summed E-state index contributed by atoms with van der Waals surface area (Å²) in [5, 5.41) is 0. The van der Waals surface area contributed by atoms with Crippen molar-refractivity contribution in [1.82, 2.24) is 0 Å². The molecule has 0 bridgehead atoms. The Morgan fingerprint density at radius 3 is 1.60 bits per heavy atom. The molecule has 1 aliphatic heterocycles. The molecule has 0 N–H and O–H groups in total. The van der Waals surface area contributed by atoms with Gasteiger partial charge in [0.15, 0.2) is 0 Å². The van der Waals surface area contributed by atoms with Crippen LogP contribution in [-0.4, -0.2) is 12.6 Å². The average Bonchev–Trinajstić information content (AvgIpc) is 2.62. The maximum Gasteiger partial charge on any atom is 0.312 e. The molecule has 0 spiro atoms. The van der Waals surface area contributed by atoms with Gasteiger partial charge in [0.05, 0.1) is 12.0 Å². The first-order chi connectivity index (χ1) is 12.2. The van der Waals surface area contributed by atoms with Crippen LogP contribution in [0, 0.1) is 5.41 Å². The van der Waals surface area contributed by atoms with E-state index in [2.05, 4.69) is 13.8 Å². The molecule has 2 heteroatoms. The lowest BCUT2D eigenvalue weighted by atomic mass is 9.73. The number of hydrogen-bond donors (Lipinski definition) is 0. The molecule has 0 unspecified atom stereocenters. The van der Waals surface area contributed by atoms with Gasteiger partial charge in [-0.05, 0) is 25.7 Å². The third kappa shape index (κ3) is 9.66. The number of rotatable bonds is 16. The fourth-order valence-corrected chi connectivity index (χ4v) is 4.25. The Morgan fingerprint density at radius 1 is 0.720 bits per heavy atom. The molecule has 1 saturated heterocycles. The summed E-state index contributed by atoms with van der Waals surface area (Å²) in [7, 11) is 0. The Kier molecular flexibility index (Phi) is 13.2. The second-order valence-electron chi connectivity index (χ2n) is 8.26. The number of carbonyl (C=O) groups is 1. The maximum absolute atomic E-state index is 12.5. The van der Waals surface area contributed by atoms with Crippen molar-refractivity contribution < 1.29 is 9.53 Å². The number of hydrogen-bond acceptors (Lipinski definition) is 2. The van der Waals surface area contributed by atoms with Crippen molar-refractivity contribution >= 4 is 5.97 Å². The van der Waals surface area contributed by atoms with Crippen LogP contribution in [0.1, 0.15) is 129 Å². The first kappa shape index (κ1) is 22.5. The lowest BCUT2D eigenvalue weighted by Crippen LogP contribution is -2.37. The van der Waals surface area contributed by atoms with Gasteiger partial charge in [-0.25, -0.2) is 0 Å². The quantitative estimate of drug-likeness (QED) is 0.211. The predicted molar refractivity (Wildman–Crippen MR) is 108 cm³/mol. The van der Waals surface area contributed by atoms with E-state index in [0.717, 1.165) is 25.7 Å². The van der Waals surface area contributed by atoms with Gasteiger partial charge in [0, 0.05) is 0 Å². The van der Waals surface area contributed by atoms with Gasteiger partial charge in [0.25, 0.3) is 0 Å².